The van der Waals surface area contributed by atoms with E-state index >= 15 is 0 Å². The molecule has 40 heavy (non-hydrogen) atoms. The molecule has 0 radical (unpaired) electrons. The molecule has 11 nitrogen and oxygen atoms in total. The number of para-hydroxylation sites is 2. The second-order valence-electron chi connectivity index (χ2n) is 10.5. The summed E-state index contributed by atoms with van der Waals surface area (Å²) in [6, 6.07) is 14.5. The molecule has 2 fully saturated rings. The van der Waals surface area contributed by atoms with Gasteiger partial charge in [-0.3, -0.25) is 19.8 Å². The van der Waals surface area contributed by atoms with Crippen LogP contribution in [0, 0.1) is 16.0 Å². The van der Waals surface area contributed by atoms with E-state index in [-0.39, 0.29) is 21.9 Å². The van der Waals surface area contributed by atoms with Crippen molar-refractivity contribution in [1.82, 2.24) is 19.6 Å². The molecule has 212 valence electrons. The topological polar surface area (TPSA) is 106 Å². The van der Waals surface area contributed by atoms with Crippen LogP contribution in [0.4, 0.5) is 11.4 Å². The number of nitro groups is 1. The van der Waals surface area contributed by atoms with Crippen LogP contribution in [0.15, 0.2) is 59.5 Å². The molecule has 1 aromatic heterocycles. The van der Waals surface area contributed by atoms with E-state index < -0.39 is 0 Å². The Bertz CT molecular complexity index is 1370. The molecule has 0 amide bonds. The van der Waals surface area contributed by atoms with E-state index in [9.17, 15) is 14.9 Å². The molecule has 3 aromatic rings. The van der Waals surface area contributed by atoms with Crippen LogP contribution in [0.3, 0.4) is 0 Å². The van der Waals surface area contributed by atoms with Crippen molar-refractivity contribution in [3.63, 3.8) is 0 Å². The third-order valence-electron chi connectivity index (χ3n) is 7.69. The first-order chi connectivity index (χ1) is 19.4. The number of ether oxygens (including phenoxy) is 2. The Balaban J connectivity index is 1.35. The Kier molecular flexibility index (Phi) is 8.61. The Morgan fingerprint density at radius 3 is 2.52 bits per heavy atom. The number of hydrogen-bond acceptors (Lipinski definition) is 9. The van der Waals surface area contributed by atoms with Gasteiger partial charge in [-0.25, -0.2) is 0 Å². The number of rotatable bonds is 9. The quantitative estimate of drug-likeness (QED) is 0.294. The highest BCUT2D eigenvalue weighted by Gasteiger charge is 2.27. The lowest BCUT2D eigenvalue weighted by Gasteiger charge is -2.36. The van der Waals surface area contributed by atoms with Crippen molar-refractivity contribution in [3.05, 3.63) is 80.8 Å². The van der Waals surface area contributed by atoms with Crippen molar-refractivity contribution in [1.29, 1.82) is 0 Å². The fourth-order valence-corrected chi connectivity index (χ4v) is 5.61. The van der Waals surface area contributed by atoms with Gasteiger partial charge in [-0.05, 0) is 44.6 Å². The molecular formula is C29H36N6O5. The average Bonchev–Trinajstić information content (AvgIpc) is 2.97. The van der Waals surface area contributed by atoms with Gasteiger partial charge in [-0.2, -0.15) is 9.78 Å². The molecule has 0 N–H and O–H groups in total. The van der Waals surface area contributed by atoms with E-state index in [2.05, 4.69) is 26.8 Å². The van der Waals surface area contributed by atoms with Crippen LogP contribution in [0.1, 0.15) is 18.4 Å². The maximum atomic E-state index is 13.7. The van der Waals surface area contributed by atoms with Crippen LogP contribution in [-0.4, -0.2) is 84.5 Å². The standard InChI is InChI=1S/C29H36N6O5/c1-31-13-7-8-22(19-31)21-40-28-25(18-30-34(29(28)36)24-10-4-3-5-11-24)33-16-14-32(15-17-33)20-23-9-6-12-26(39-2)27(23)35(37)38/h3-6,9-12,18,22H,7-8,13-17,19-21H2,1-2H3. The third-order valence-corrected chi connectivity index (χ3v) is 7.69. The summed E-state index contributed by atoms with van der Waals surface area (Å²) in [5.74, 6) is 0.945. The first-order valence-electron chi connectivity index (χ1n) is 13.7. The summed E-state index contributed by atoms with van der Waals surface area (Å²) < 4.78 is 12.9. The van der Waals surface area contributed by atoms with Crippen molar-refractivity contribution in [2.24, 2.45) is 5.92 Å². The number of piperazine rings is 1. The first-order valence-corrected chi connectivity index (χ1v) is 13.7. The minimum atomic E-state index is -0.383. The SMILES string of the molecule is COc1cccc(CN2CCN(c3cnn(-c4ccccc4)c(=O)c3OCC3CCCN(C)C3)CC2)c1[N+](=O)[O-]. The van der Waals surface area contributed by atoms with Crippen LogP contribution in [0.25, 0.3) is 5.69 Å². The molecule has 5 rings (SSSR count). The van der Waals surface area contributed by atoms with Crippen molar-refractivity contribution >= 4 is 11.4 Å². The monoisotopic (exact) mass is 548 g/mol. The van der Waals surface area contributed by atoms with Crippen molar-refractivity contribution in [2.75, 3.05) is 64.9 Å². The molecule has 0 spiro atoms. The second kappa shape index (κ2) is 12.5. The Hall–Kier alpha value is -3.96. The van der Waals surface area contributed by atoms with E-state index in [0.717, 1.165) is 25.9 Å². The van der Waals surface area contributed by atoms with E-state index in [1.54, 1.807) is 24.4 Å². The molecule has 0 aliphatic carbocycles. The molecule has 2 saturated heterocycles. The maximum Gasteiger partial charge on any atom is 0.316 e. The molecule has 2 aliphatic heterocycles. The zero-order valence-corrected chi connectivity index (χ0v) is 23.1. The summed E-state index contributed by atoms with van der Waals surface area (Å²) in [6.45, 7) is 5.56. The van der Waals surface area contributed by atoms with Gasteiger partial charge in [-0.15, -0.1) is 0 Å². The molecular weight excluding hydrogens is 512 g/mol. The number of piperidine rings is 1. The number of nitrogens with zero attached hydrogens (tertiary/aromatic N) is 6. The molecule has 0 saturated carbocycles. The van der Waals surface area contributed by atoms with Gasteiger partial charge in [0.25, 0.3) is 0 Å². The van der Waals surface area contributed by atoms with Crippen LogP contribution in [0.2, 0.25) is 0 Å². The number of aromatic nitrogens is 2. The average molecular weight is 549 g/mol. The van der Waals surface area contributed by atoms with Crippen molar-refractivity contribution in [3.8, 4) is 17.2 Å². The van der Waals surface area contributed by atoms with Gasteiger partial charge >= 0.3 is 11.2 Å². The molecule has 0 bridgehead atoms. The third kappa shape index (κ3) is 6.10. The summed E-state index contributed by atoms with van der Waals surface area (Å²) in [7, 11) is 3.56. The molecule has 1 unspecified atom stereocenters. The fourth-order valence-electron chi connectivity index (χ4n) is 5.61. The lowest BCUT2D eigenvalue weighted by molar-refractivity contribution is -0.386. The normalized spacial score (nSPS) is 18.4. The number of hydrogen-bond donors (Lipinski definition) is 0. The largest absolute Gasteiger partial charge is 0.490 e. The highest BCUT2D eigenvalue weighted by atomic mass is 16.6. The molecule has 1 atom stereocenters. The summed E-state index contributed by atoms with van der Waals surface area (Å²) in [5, 5.41) is 16.2. The lowest BCUT2D eigenvalue weighted by Crippen LogP contribution is -2.46. The van der Waals surface area contributed by atoms with Crippen LogP contribution >= 0.6 is 0 Å². The highest BCUT2D eigenvalue weighted by molar-refractivity contribution is 5.57. The van der Waals surface area contributed by atoms with Crippen molar-refractivity contribution < 1.29 is 14.4 Å². The van der Waals surface area contributed by atoms with Gasteiger partial charge in [-0.1, -0.05) is 30.3 Å². The fraction of sp³-hybridized carbons (Fsp3) is 0.448. The summed E-state index contributed by atoms with van der Waals surface area (Å²) in [4.78, 5) is 31.6. The van der Waals surface area contributed by atoms with Crippen molar-refractivity contribution in [2.45, 2.75) is 19.4 Å². The van der Waals surface area contributed by atoms with E-state index in [1.165, 1.54) is 11.8 Å². The van der Waals surface area contributed by atoms with Gasteiger partial charge in [0.2, 0.25) is 5.75 Å². The number of methoxy groups -OCH3 is 1. The van der Waals surface area contributed by atoms with Crippen LogP contribution in [-0.2, 0) is 6.54 Å². The van der Waals surface area contributed by atoms with Gasteiger partial charge < -0.3 is 19.3 Å². The predicted molar refractivity (Wildman–Crippen MR) is 153 cm³/mol. The minimum absolute atomic E-state index is 0.00481. The summed E-state index contributed by atoms with van der Waals surface area (Å²) in [6.07, 6.45) is 3.92. The molecule has 3 heterocycles. The summed E-state index contributed by atoms with van der Waals surface area (Å²) >= 11 is 0. The molecule has 2 aromatic carbocycles. The number of anilines is 1. The first kappa shape index (κ1) is 27.6. The number of benzene rings is 2. The smallest absolute Gasteiger partial charge is 0.316 e. The van der Waals surface area contributed by atoms with Gasteiger partial charge in [0.15, 0.2) is 5.75 Å². The molecule has 11 heteroatoms. The maximum absolute atomic E-state index is 13.7. The van der Waals surface area contributed by atoms with E-state index in [0.29, 0.717) is 67.9 Å². The lowest BCUT2D eigenvalue weighted by atomic mass is 10.00. The number of likely N-dealkylation sites (tertiary alicyclic amines) is 1. The van der Waals surface area contributed by atoms with Gasteiger partial charge in [0.05, 0.1) is 30.5 Å². The zero-order valence-electron chi connectivity index (χ0n) is 23.1. The van der Waals surface area contributed by atoms with Crippen LogP contribution < -0.4 is 19.9 Å². The van der Waals surface area contributed by atoms with Gasteiger partial charge in [0.1, 0.15) is 5.69 Å². The highest BCUT2D eigenvalue weighted by Crippen LogP contribution is 2.32. The van der Waals surface area contributed by atoms with Gasteiger partial charge in [0, 0.05) is 50.7 Å². The Morgan fingerprint density at radius 2 is 1.82 bits per heavy atom. The predicted octanol–water partition coefficient (Wildman–Crippen LogP) is 3.19. The summed E-state index contributed by atoms with van der Waals surface area (Å²) in [5.41, 5.74) is 1.72. The minimum Gasteiger partial charge on any atom is -0.490 e. The van der Waals surface area contributed by atoms with E-state index in [1.807, 2.05) is 30.3 Å². The zero-order chi connectivity index (χ0) is 28.1. The van der Waals surface area contributed by atoms with E-state index in [4.69, 9.17) is 9.47 Å². The Labute approximate surface area is 233 Å². The molecule has 2 aliphatic rings. The van der Waals surface area contributed by atoms with Crippen LogP contribution in [0.5, 0.6) is 11.5 Å². The Morgan fingerprint density at radius 1 is 1.05 bits per heavy atom. The number of nitro benzene ring substituents is 1. The second-order valence-corrected chi connectivity index (χ2v) is 10.5.